The third-order valence-corrected chi connectivity index (χ3v) is 5.19. The van der Waals surface area contributed by atoms with Crippen molar-refractivity contribution in [2.75, 3.05) is 19.0 Å². The van der Waals surface area contributed by atoms with Crippen LogP contribution in [0.25, 0.3) is 0 Å². The Kier molecular flexibility index (Phi) is 5.85. The summed E-state index contributed by atoms with van der Waals surface area (Å²) in [4.78, 5) is 0. The Labute approximate surface area is 84.6 Å². The molecule has 0 unspecified atom stereocenters. The Balaban J connectivity index is 4.61. The first kappa shape index (κ1) is 14.1. The van der Waals surface area contributed by atoms with Gasteiger partial charge in [-0.1, -0.05) is 0 Å². The maximum Gasteiger partial charge on any atom is 0.418 e. The smallest absolute Gasteiger partial charge is 0.296 e. The SMILES string of the molecule is CCOP(=O)(NS(=O)(=O)CC)OCC. The van der Waals surface area contributed by atoms with E-state index in [1.807, 2.05) is 4.49 Å². The Morgan fingerprint density at radius 1 is 1.14 bits per heavy atom. The molecule has 0 aliphatic heterocycles. The molecule has 0 amide bonds. The second kappa shape index (κ2) is 5.82. The van der Waals surface area contributed by atoms with Crippen molar-refractivity contribution < 1.29 is 22.0 Å². The van der Waals surface area contributed by atoms with Crippen molar-refractivity contribution in [1.82, 2.24) is 4.49 Å². The van der Waals surface area contributed by atoms with Gasteiger partial charge in [-0.25, -0.2) is 13.0 Å². The summed E-state index contributed by atoms with van der Waals surface area (Å²) in [6.45, 7) is 4.87. The maximum atomic E-state index is 11.7. The van der Waals surface area contributed by atoms with Gasteiger partial charge in [0.25, 0.3) is 0 Å². The Morgan fingerprint density at radius 2 is 1.57 bits per heavy atom. The maximum absolute atomic E-state index is 11.7. The molecule has 0 aromatic heterocycles. The number of hydrogen-bond donors (Lipinski definition) is 1. The molecule has 0 atom stereocenters. The molecule has 0 saturated heterocycles. The number of rotatable bonds is 7. The fraction of sp³-hybridized carbons (Fsp3) is 1.00. The van der Waals surface area contributed by atoms with Gasteiger partial charge in [-0.05, 0) is 20.8 Å². The molecular weight excluding hydrogens is 229 g/mol. The summed E-state index contributed by atoms with van der Waals surface area (Å²) >= 11 is 0. The van der Waals surface area contributed by atoms with Crippen LogP contribution in [0.1, 0.15) is 20.8 Å². The third kappa shape index (κ3) is 5.07. The first-order valence-electron chi connectivity index (χ1n) is 4.30. The van der Waals surface area contributed by atoms with Crippen LogP contribution in [0.4, 0.5) is 0 Å². The summed E-state index contributed by atoms with van der Waals surface area (Å²) < 4.78 is 45.3. The largest absolute Gasteiger partial charge is 0.418 e. The van der Waals surface area contributed by atoms with E-state index in [-0.39, 0.29) is 19.0 Å². The average molecular weight is 245 g/mol. The van der Waals surface area contributed by atoms with Crippen LogP contribution < -0.4 is 4.49 Å². The molecule has 8 heteroatoms. The molecule has 0 aromatic rings. The van der Waals surface area contributed by atoms with Gasteiger partial charge >= 0.3 is 7.75 Å². The summed E-state index contributed by atoms with van der Waals surface area (Å²) in [5.41, 5.74) is 0. The predicted molar refractivity (Wildman–Crippen MR) is 53.5 cm³/mol. The van der Waals surface area contributed by atoms with Gasteiger partial charge in [0, 0.05) is 0 Å². The van der Waals surface area contributed by atoms with Gasteiger partial charge in [0.15, 0.2) is 0 Å². The Morgan fingerprint density at radius 3 is 1.86 bits per heavy atom. The highest BCUT2D eigenvalue weighted by Crippen LogP contribution is 2.44. The fourth-order valence-corrected chi connectivity index (χ4v) is 3.72. The first-order valence-corrected chi connectivity index (χ1v) is 7.49. The minimum absolute atomic E-state index is 0.115. The summed E-state index contributed by atoms with van der Waals surface area (Å²) in [6.07, 6.45) is 0. The van der Waals surface area contributed by atoms with Crippen LogP contribution in [-0.4, -0.2) is 27.4 Å². The highest BCUT2D eigenvalue weighted by molar-refractivity contribution is 7.94. The zero-order chi connectivity index (χ0) is 11.2. The average Bonchev–Trinajstić information content (AvgIpc) is 2.03. The van der Waals surface area contributed by atoms with Crippen molar-refractivity contribution in [3.8, 4) is 0 Å². The molecule has 6 nitrogen and oxygen atoms in total. The molecule has 1 N–H and O–H groups in total. The standard InChI is InChI=1S/C6H16NO5PS/c1-4-11-13(8,12-5-2)7-14(9,10)6-3/h4-6H2,1-3H3,(H,7,8). The van der Waals surface area contributed by atoms with E-state index in [0.717, 1.165) is 0 Å². The van der Waals surface area contributed by atoms with E-state index in [4.69, 9.17) is 9.05 Å². The zero-order valence-electron chi connectivity index (χ0n) is 8.52. The second-order valence-corrected chi connectivity index (χ2v) is 6.38. The van der Waals surface area contributed by atoms with Crippen molar-refractivity contribution >= 4 is 17.8 Å². The monoisotopic (exact) mass is 245 g/mol. The van der Waals surface area contributed by atoms with E-state index in [1.165, 1.54) is 6.92 Å². The van der Waals surface area contributed by atoms with E-state index in [2.05, 4.69) is 0 Å². The van der Waals surface area contributed by atoms with Crippen LogP contribution >= 0.6 is 7.75 Å². The van der Waals surface area contributed by atoms with E-state index in [1.54, 1.807) is 13.8 Å². The molecule has 0 heterocycles. The highest BCUT2D eigenvalue weighted by atomic mass is 32.2. The van der Waals surface area contributed by atoms with Crippen molar-refractivity contribution in [3.05, 3.63) is 0 Å². The second-order valence-electron chi connectivity index (χ2n) is 2.33. The first-order chi connectivity index (χ1) is 6.39. The van der Waals surface area contributed by atoms with Crippen LogP contribution in [0.2, 0.25) is 0 Å². The van der Waals surface area contributed by atoms with Crippen LogP contribution in [0, 0.1) is 0 Å². The number of nitrogens with one attached hydrogen (secondary N) is 1. The molecule has 0 aliphatic rings. The summed E-state index contributed by atoms with van der Waals surface area (Å²) in [5, 5.41) is 0. The number of sulfonamides is 1. The van der Waals surface area contributed by atoms with E-state index >= 15 is 0 Å². The molecule has 0 fully saturated rings. The molecule has 14 heavy (non-hydrogen) atoms. The van der Waals surface area contributed by atoms with Gasteiger partial charge < -0.3 is 0 Å². The lowest BCUT2D eigenvalue weighted by Gasteiger charge is -2.16. The molecule has 0 aromatic carbocycles. The van der Waals surface area contributed by atoms with Gasteiger partial charge in [0.1, 0.15) is 0 Å². The molecule has 0 rings (SSSR count). The Hall–Kier alpha value is 0.0600. The quantitative estimate of drug-likeness (QED) is 0.679. The lowest BCUT2D eigenvalue weighted by Crippen LogP contribution is -2.24. The fourth-order valence-electron chi connectivity index (χ4n) is 0.665. The van der Waals surface area contributed by atoms with E-state index in [9.17, 15) is 13.0 Å². The normalized spacial score (nSPS) is 13.1. The molecule has 0 saturated carbocycles. The summed E-state index contributed by atoms with van der Waals surface area (Å²) in [6, 6.07) is 0. The minimum Gasteiger partial charge on any atom is -0.296 e. The molecule has 86 valence electrons. The summed E-state index contributed by atoms with van der Waals surface area (Å²) in [5.74, 6) is -0.170. The predicted octanol–water partition coefficient (Wildman–Crippen LogP) is 1.11. The van der Waals surface area contributed by atoms with E-state index < -0.39 is 17.8 Å². The zero-order valence-corrected chi connectivity index (χ0v) is 10.2. The van der Waals surface area contributed by atoms with Gasteiger partial charge in [0.05, 0.1) is 19.0 Å². The van der Waals surface area contributed by atoms with Crippen LogP contribution in [-0.2, 0) is 23.6 Å². The van der Waals surface area contributed by atoms with Crippen molar-refractivity contribution in [2.45, 2.75) is 20.8 Å². The van der Waals surface area contributed by atoms with Gasteiger partial charge in [-0.15, -0.1) is 4.49 Å². The third-order valence-electron chi connectivity index (χ3n) is 1.23. The van der Waals surface area contributed by atoms with Crippen molar-refractivity contribution in [1.29, 1.82) is 0 Å². The Bertz CT molecular complexity index is 291. The van der Waals surface area contributed by atoms with Gasteiger partial charge in [-0.3, -0.25) is 9.05 Å². The van der Waals surface area contributed by atoms with Crippen LogP contribution in [0.3, 0.4) is 0 Å². The minimum atomic E-state index is -3.70. The molecule has 0 radical (unpaired) electrons. The number of hydrogen-bond acceptors (Lipinski definition) is 5. The van der Waals surface area contributed by atoms with Crippen LogP contribution in [0.15, 0.2) is 0 Å². The van der Waals surface area contributed by atoms with Crippen molar-refractivity contribution in [3.63, 3.8) is 0 Å². The highest BCUT2D eigenvalue weighted by Gasteiger charge is 2.29. The molecule has 0 spiro atoms. The lowest BCUT2D eigenvalue weighted by atomic mass is 10.9. The van der Waals surface area contributed by atoms with Crippen LogP contribution in [0.5, 0.6) is 0 Å². The molecular formula is C6H16NO5PS. The van der Waals surface area contributed by atoms with Gasteiger partial charge in [-0.2, -0.15) is 0 Å². The molecule has 0 aliphatic carbocycles. The van der Waals surface area contributed by atoms with Gasteiger partial charge in [0.2, 0.25) is 10.0 Å². The van der Waals surface area contributed by atoms with Crippen molar-refractivity contribution in [2.24, 2.45) is 0 Å². The molecule has 0 bridgehead atoms. The summed E-state index contributed by atoms with van der Waals surface area (Å²) in [7, 11) is -7.28. The van der Waals surface area contributed by atoms with E-state index in [0.29, 0.717) is 0 Å². The topological polar surface area (TPSA) is 81.7 Å². The lowest BCUT2D eigenvalue weighted by molar-refractivity contribution is 0.217.